The van der Waals surface area contributed by atoms with Gasteiger partial charge in [-0.05, 0) is 34.9 Å². The second-order valence-electron chi connectivity index (χ2n) is 12.4. The minimum atomic E-state index is 0.548. The molecule has 0 atom stereocenters. The third-order valence-electron chi connectivity index (χ3n) is 9.38. The summed E-state index contributed by atoms with van der Waals surface area (Å²) in [4.78, 5) is 15.1. The fraction of sp³-hybridized carbons (Fsp3) is 0. The molecule has 0 aliphatic heterocycles. The van der Waals surface area contributed by atoms with Crippen molar-refractivity contribution >= 4 is 43.9 Å². The summed E-state index contributed by atoms with van der Waals surface area (Å²) in [5.74, 6) is 1.74. The molecule has 3 heterocycles. The first-order valence-corrected chi connectivity index (χ1v) is 16.6. The molecule has 0 aliphatic rings. The molecule has 0 unspecified atom stereocenters. The van der Waals surface area contributed by atoms with Crippen molar-refractivity contribution in [2.75, 3.05) is 0 Å². The number of hydrogen-bond acceptors (Lipinski definition) is 5. The average Bonchev–Trinajstić information content (AvgIpc) is 3.77. The highest BCUT2D eigenvalue weighted by Crippen LogP contribution is 2.43. The molecule has 0 saturated carbocycles. The van der Waals surface area contributed by atoms with E-state index >= 15 is 0 Å². The van der Waals surface area contributed by atoms with Crippen molar-refractivity contribution in [1.29, 1.82) is 0 Å². The maximum Gasteiger partial charge on any atom is 0.167 e. The Kier molecular flexibility index (Phi) is 6.42. The van der Waals surface area contributed by atoms with Gasteiger partial charge in [-0.3, -0.25) is 0 Å². The number of para-hydroxylation sites is 3. The Labute approximate surface area is 287 Å². The number of furan rings is 2. The quantitative estimate of drug-likeness (QED) is 0.187. The fourth-order valence-electron chi connectivity index (χ4n) is 6.99. The lowest BCUT2D eigenvalue weighted by molar-refractivity contribution is 0.669. The predicted octanol–water partition coefficient (Wildman–Crippen LogP) is 12.0. The normalized spacial score (nSPS) is 11.6. The lowest BCUT2D eigenvalue weighted by atomic mass is 9.97. The smallest absolute Gasteiger partial charge is 0.167 e. The van der Waals surface area contributed by atoms with Crippen LogP contribution in [0.3, 0.4) is 0 Å². The van der Waals surface area contributed by atoms with Crippen molar-refractivity contribution in [3.05, 3.63) is 164 Å². The van der Waals surface area contributed by atoms with Crippen LogP contribution in [0.15, 0.2) is 173 Å². The van der Waals surface area contributed by atoms with Crippen LogP contribution in [0.1, 0.15) is 0 Å². The van der Waals surface area contributed by atoms with Crippen LogP contribution in [0.4, 0.5) is 0 Å². The lowest BCUT2D eigenvalue weighted by Gasteiger charge is -2.09. The van der Waals surface area contributed by atoms with Crippen LogP contribution in [-0.4, -0.2) is 15.0 Å². The van der Waals surface area contributed by atoms with Crippen LogP contribution >= 0.6 is 0 Å². The van der Waals surface area contributed by atoms with Gasteiger partial charge in [0.2, 0.25) is 0 Å². The molecule has 10 rings (SSSR count). The van der Waals surface area contributed by atoms with Gasteiger partial charge < -0.3 is 8.83 Å². The molecule has 7 aromatic carbocycles. The molecular weight excluding hydrogens is 615 g/mol. The molecule has 5 nitrogen and oxygen atoms in total. The Morgan fingerprint density at radius 3 is 1.56 bits per heavy atom. The zero-order valence-corrected chi connectivity index (χ0v) is 26.7. The molecule has 0 radical (unpaired) electrons. The van der Waals surface area contributed by atoms with E-state index in [0.29, 0.717) is 17.5 Å². The van der Waals surface area contributed by atoms with Crippen LogP contribution in [-0.2, 0) is 0 Å². The molecule has 0 saturated heterocycles. The van der Waals surface area contributed by atoms with E-state index in [4.69, 9.17) is 23.8 Å². The highest BCUT2D eigenvalue weighted by Gasteiger charge is 2.21. The van der Waals surface area contributed by atoms with Gasteiger partial charge in [0.25, 0.3) is 0 Å². The van der Waals surface area contributed by atoms with Crippen molar-refractivity contribution in [2.45, 2.75) is 0 Å². The zero-order valence-electron chi connectivity index (χ0n) is 26.7. The summed E-state index contributed by atoms with van der Waals surface area (Å²) >= 11 is 0. The molecule has 50 heavy (non-hydrogen) atoms. The summed E-state index contributed by atoms with van der Waals surface area (Å²) in [7, 11) is 0. The summed E-state index contributed by atoms with van der Waals surface area (Å²) in [6, 6.07) is 55.6. The number of benzene rings is 7. The standard InChI is InChI=1S/C45H27N3O2/c1-3-12-28(13-4-1)29-24-26-31(27-25-29)44-46-43(30-14-5-2-6-15-30)47-45(48-44)37-21-10-20-36-40-33(17-11-23-39(40)50-42(36)37)35-19-9-18-34-32-16-7-8-22-38(32)49-41(34)35/h1-27H. The number of nitrogens with zero attached hydrogens (tertiary/aromatic N) is 3. The van der Waals surface area contributed by atoms with Crippen LogP contribution in [0.5, 0.6) is 0 Å². The first-order valence-electron chi connectivity index (χ1n) is 16.6. The SMILES string of the molecule is c1ccc(-c2ccc(-c3nc(-c4ccccc4)nc(-c4cccc5c4oc4cccc(-c6cccc7c6oc6ccccc67)c45)n3)cc2)cc1. The summed E-state index contributed by atoms with van der Waals surface area (Å²) in [6.07, 6.45) is 0. The summed E-state index contributed by atoms with van der Waals surface area (Å²) in [5.41, 5.74) is 10.2. The Bertz CT molecular complexity index is 2850. The predicted molar refractivity (Wildman–Crippen MR) is 202 cm³/mol. The molecule has 0 aliphatic carbocycles. The zero-order chi connectivity index (χ0) is 33.0. The van der Waals surface area contributed by atoms with Gasteiger partial charge in [-0.2, -0.15) is 0 Å². The topological polar surface area (TPSA) is 65.0 Å². The molecule has 0 bridgehead atoms. The van der Waals surface area contributed by atoms with Crippen molar-refractivity contribution < 1.29 is 8.83 Å². The molecule has 10 aromatic rings. The highest BCUT2D eigenvalue weighted by molar-refractivity contribution is 6.18. The van der Waals surface area contributed by atoms with Crippen molar-refractivity contribution in [1.82, 2.24) is 15.0 Å². The molecule has 0 amide bonds. The van der Waals surface area contributed by atoms with E-state index in [9.17, 15) is 0 Å². The molecule has 0 spiro atoms. The second kappa shape index (κ2) is 11.4. The number of fused-ring (bicyclic) bond motifs is 6. The molecule has 0 fully saturated rings. The van der Waals surface area contributed by atoms with Gasteiger partial charge >= 0.3 is 0 Å². The lowest BCUT2D eigenvalue weighted by Crippen LogP contribution is -2.00. The molecule has 3 aromatic heterocycles. The Morgan fingerprint density at radius 2 is 0.780 bits per heavy atom. The van der Waals surface area contributed by atoms with Gasteiger partial charge in [-0.1, -0.05) is 146 Å². The van der Waals surface area contributed by atoms with Gasteiger partial charge in [0.15, 0.2) is 17.5 Å². The maximum atomic E-state index is 6.70. The van der Waals surface area contributed by atoms with E-state index in [1.165, 1.54) is 0 Å². The summed E-state index contributed by atoms with van der Waals surface area (Å²) in [5, 5.41) is 4.19. The van der Waals surface area contributed by atoms with E-state index in [0.717, 1.165) is 82.8 Å². The first kappa shape index (κ1) is 28.2. The Balaban J connectivity index is 1.16. The second-order valence-corrected chi connectivity index (χ2v) is 12.4. The van der Waals surface area contributed by atoms with E-state index in [1.807, 2.05) is 78.9 Å². The van der Waals surface area contributed by atoms with E-state index < -0.39 is 0 Å². The third-order valence-corrected chi connectivity index (χ3v) is 9.38. The van der Waals surface area contributed by atoms with Gasteiger partial charge in [0.05, 0.1) is 5.56 Å². The van der Waals surface area contributed by atoms with E-state index in [2.05, 4.69) is 84.9 Å². The van der Waals surface area contributed by atoms with Gasteiger partial charge in [0, 0.05) is 38.2 Å². The molecule has 234 valence electrons. The Morgan fingerprint density at radius 1 is 0.300 bits per heavy atom. The molecular formula is C45H27N3O2. The summed E-state index contributed by atoms with van der Waals surface area (Å²) in [6.45, 7) is 0. The van der Waals surface area contributed by atoms with Gasteiger partial charge in [-0.25, -0.2) is 15.0 Å². The van der Waals surface area contributed by atoms with Crippen LogP contribution in [0, 0.1) is 0 Å². The Hall–Kier alpha value is -6.85. The number of aromatic nitrogens is 3. The van der Waals surface area contributed by atoms with Crippen molar-refractivity contribution in [3.8, 4) is 56.4 Å². The van der Waals surface area contributed by atoms with Crippen molar-refractivity contribution in [2.24, 2.45) is 0 Å². The third kappa shape index (κ3) is 4.60. The van der Waals surface area contributed by atoms with Crippen molar-refractivity contribution in [3.63, 3.8) is 0 Å². The summed E-state index contributed by atoms with van der Waals surface area (Å²) < 4.78 is 13.1. The number of hydrogen-bond donors (Lipinski definition) is 0. The van der Waals surface area contributed by atoms with E-state index in [1.54, 1.807) is 0 Å². The highest BCUT2D eigenvalue weighted by atomic mass is 16.3. The van der Waals surface area contributed by atoms with Crippen LogP contribution in [0.2, 0.25) is 0 Å². The van der Waals surface area contributed by atoms with Crippen LogP contribution < -0.4 is 0 Å². The number of rotatable bonds is 5. The monoisotopic (exact) mass is 641 g/mol. The molecule has 5 heteroatoms. The first-order chi connectivity index (χ1) is 24.8. The fourth-order valence-corrected chi connectivity index (χ4v) is 6.99. The minimum absolute atomic E-state index is 0.548. The van der Waals surface area contributed by atoms with Crippen LogP contribution in [0.25, 0.3) is 100 Å². The minimum Gasteiger partial charge on any atom is -0.455 e. The maximum absolute atomic E-state index is 6.70. The molecule has 0 N–H and O–H groups in total. The van der Waals surface area contributed by atoms with E-state index in [-0.39, 0.29) is 0 Å². The average molecular weight is 642 g/mol. The van der Waals surface area contributed by atoms with Gasteiger partial charge in [0.1, 0.15) is 22.3 Å². The largest absolute Gasteiger partial charge is 0.455 e. The van der Waals surface area contributed by atoms with Gasteiger partial charge in [-0.15, -0.1) is 0 Å².